The van der Waals surface area contributed by atoms with Gasteiger partial charge in [-0.2, -0.15) is 0 Å². The van der Waals surface area contributed by atoms with E-state index in [2.05, 4.69) is 74.4 Å². The molecule has 7 nitrogen and oxygen atoms in total. The molecule has 0 saturated carbocycles. The lowest BCUT2D eigenvalue weighted by Gasteiger charge is -2.18. The third-order valence-electron chi connectivity index (χ3n) is 5.25. The minimum Gasteiger partial charge on any atom is -0.506 e. The molecule has 3 N–H and O–H groups in total. The van der Waals surface area contributed by atoms with Crippen molar-refractivity contribution in [3.63, 3.8) is 0 Å². The van der Waals surface area contributed by atoms with E-state index in [0.29, 0.717) is 36.8 Å². The smallest absolute Gasteiger partial charge is 0.258 e. The molecule has 0 spiro atoms. The van der Waals surface area contributed by atoms with Gasteiger partial charge in [0.25, 0.3) is 17.7 Å². The lowest BCUT2D eigenvalue weighted by molar-refractivity contribution is -0.119. The summed E-state index contributed by atoms with van der Waals surface area (Å²) in [4.78, 5) is 46.4. The molecule has 0 saturated heterocycles. The predicted octanol–water partition coefficient (Wildman–Crippen LogP) is 5.75. The van der Waals surface area contributed by atoms with Crippen LogP contribution < -0.4 is 10.6 Å². The van der Waals surface area contributed by atoms with E-state index in [1.165, 1.54) is 0 Å². The van der Waals surface area contributed by atoms with Gasteiger partial charge in [0.2, 0.25) is 5.91 Å². The largest absolute Gasteiger partial charge is 0.506 e. The third-order valence-corrected chi connectivity index (χ3v) is 7.45. The van der Waals surface area contributed by atoms with Crippen LogP contribution in [0.1, 0.15) is 37.4 Å². The first-order valence-electron chi connectivity index (χ1n) is 10.2. The number of amides is 4. The molecule has 11 heteroatoms. The van der Waals surface area contributed by atoms with Crippen molar-refractivity contribution < 1.29 is 24.3 Å². The fraction of sp³-hybridized carbons (Fsp3) is 0.0400. The Kier molecular flexibility index (Phi) is 7.93. The summed E-state index contributed by atoms with van der Waals surface area (Å²) in [6.07, 6.45) is 1.95. The zero-order valence-corrected chi connectivity index (χ0v) is 24.3. The second kappa shape index (κ2) is 10.8. The minimum absolute atomic E-state index is 0.0820. The van der Waals surface area contributed by atoms with Gasteiger partial charge in [0, 0.05) is 31.2 Å². The number of halogens is 4. The first kappa shape index (κ1) is 26.5. The SMILES string of the molecule is O=C1Cc2cc(Br)ccc2C(=O)N1.O=C1NC(=O)c2ccc(Br)cc2/C1=C/c1cc(Br)c(O)c(Br)c1. The zero-order chi connectivity index (χ0) is 26.1. The normalized spacial score (nSPS) is 15.4. The van der Waals surface area contributed by atoms with Gasteiger partial charge in [0.15, 0.2) is 0 Å². The molecule has 5 rings (SSSR count). The number of carbonyl (C=O) groups is 4. The molecule has 0 atom stereocenters. The molecule has 0 fully saturated rings. The minimum atomic E-state index is -0.457. The Bertz CT molecular complexity index is 1480. The number of rotatable bonds is 1. The number of hydrogen-bond donors (Lipinski definition) is 3. The van der Waals surface area contributed by atoms with Crippen molar-refractivity contribution in [2.45, 2.75) is 6.42 Å². The molecule has 0 bridgehead atoms. The van der Waals surface area contributed by atoms with Crippen LogP contribution >= 0.6 is 63.7 Å². The summed E-state index contributed by atoms with van der Waals surface area (Å²) in [6.45, 7) is 0. The third kappa shape index (κ3) is 5.69. The van der Waals surface area contributed by atoms with Gasteiger partial charge >= 0.3 is 0 Å². The Morgan fingerprint density at radius 2 is 1.28 bits per heavy atom. The summed E-state index contributed by atoms with van der Waals surface area (Å²) >= 11 is 13.2. The van der Waals surface area contributed by atoms with Gasteiger partial charge in [-0.15, -0.1) is 0 Å². The molecule has 0 aliphatic carbocycles. The number of nitrogens with one attached hydrogen (secondary N) is 2. The van der Waals surface area contributed by atoms with Crippen LogP contribution in [-0.4, -0.2) is 28.7 Å². The topological polar surface area (TPSA) is 113 Å². The average Bonchev–Trinajstić information content (AvgIpc) is 2.80. The van der Waals surface area contributed by atoms with E-state index < -0.39 is 11.8 Å². The summed E-state index contributed by atoms with van der Waals surface area (Å²) in [7, 11) is 0. The highest BCUT2D eigenvalue weighted by atomic mass is 79.9. The Morgan fingerprint density at radius 3 is 1.94 bits per heavy atom. The number of imide groups is 2. The number of phenols is 1. The summed E-state index contributed by atoms with van der Waals surface area (Å²) in [5.74, 6) is -1.34. The quantitative estimate of drug-likeness (QED) is 0.217. The lowest BCUT2D eigenvalue weighted by atomic mass is 9.93. The van der Waals surface area contributed by atoms with Gasteiger partial charge in [-0.1, -0.05) is 31.9 Å². The lowest BCUT2D eigenvalue weighted by Crippen LogP contribution is -2.37. The molecule has 0 unspecified atom stereocenters. The van der Waals surface area contributed by atoms with Crippen LogP contribution in [0.15, 0.2) is 66.4 Å². The molecular weight excluding hydrogens is 728 g/mol. The molecule has 0 aromatic heterocycles. The van der Waals surface area contributed by atoms with Crippen molar-refractivity contribution in [1.82, 2.24) is 10.6 Å². The molecule has 2 aliphatic rings. The van der Waals surface area contributed by atoms with Gasteiger partial charge in [-0.3, -0.25) is 29.8 Å². The van der Waals surface area contributed by atoms with Crippen LogP contribution in [0.3, 0.4) is 0 Å². The van der Waals surface area contributed by atoms with Crippen molar-refractivity contribution in [1.29, 1.82) is 0 Å². The van der Waals surface area contributed by atoms with Crippen LogP contribution in [0.25, 0.3) is 11.6 Å². The van der Waals surface area contributed by atoms with E-state index in [-0.39, 0.29) is 24.0 Å². The van der Waals surface area contributed by atoms with Crippen molar-refractivity contribution in [2.75, 3.05) is 0 Å². The molecule has 4 amide bonds. The Hall–Kier alpha value is -2.60. The molecule has 0 radical (unpaired) electrons. The Balaban J connectivity index is 0.000000197. The van der Waals surface area contributed by atoms with Crippen molar-refractivity contribution in [3.8, 4) is 5.75 Å². The monoisotopic (exact) mass is 738 g/mol. The first-order valence-corrected chi connectivity index (χ1v) is 13.4. The number of aromatic hydroxyl groups is 1. The highest BCUT2D eigenvalue weighted by Crippen LogP contribution is 2.35. The van der Waals surface area contributed by atoms with E-state index >= 15 is 0 Å². The van der Waals surface area contributed by atoms with Gasteiger partial charge in [0.05, 0.1) is 15.4 Å². The molecule has 36 heavy (non-hydrogen) atoms. The van der Waals surface area contributed by atoms with E-state index in [4.69, 9.17) is 0 Å². The number of benzene rings is 3. The van der Waals surface area contributed by atoms with E-state index in [9.17, 15) is 24.3 Å². The second-order valence-electron chi connectivity index (χ2n) is 7.72. The van der Waals surface area contributed by atoms with Crippen molar-refractivity contribution in [2.24, 2.45) is 0 Å². The van der Waals surface area contributed by atoms with E-state index in [1.807, 2.05) is 0 Å². The van der Waals surface area contributed by atoms with Crippen molar-refractivity contribution >= 4 is 99.0 Å². The predicted molar refractivity (Wildman–Crippen MR) is 148 cm³/mol. The molecule has 2 heterocycles. The van der Waals surface area contributed by atoms with Gasteiger partial charge in [0.1, 0.15) is 5.75 Å². The van der Waals surface area contributed by atoms with Crippen LogP contribution in [-0.2, 0) is 16.0 Å². The van der Waals surface area contributed by atoms with Gasteiger partial charge < -0.3 is 5.11 Å². The average molecular weight is 742 g/mol. The zero-order valence-electron chi connectivity index (χ0n) is 18.0. The van der Waals surface area contributed by atoms with Crippen LogP contribution in [0, 0.1) is 0 Å². The van der Waals surface area contributed by atoms with Gasteiger partial charge in [-0.25, -0.2) is 0 Å². The number of hydrogen-bond acceptors (Lipinski definition) is 5. The molecular formula is C25H14Br4N2O5. The fourth-order valence-electron chi connectivity index (χ4n) is 3.62. The summed E-state index contributed by atoms with van der Waals surface area (Å²) in [5.41, 5.74) is 3.45. The second-order valence-corrected chi connectivity index (χ2v) is 11.3. The Morgan fingerprint density at radius 1 is 0.694 bits per heavy atom. The van der Waals surface area contributed by atoms with E-state index in [1.54, 1.807) is 54.6 Å². The maximum Gasteiger partial charge on any atom is 0.258 e. The maximum atomic E-state index is 12.2. The maximum absolute atomic E-state index is 12.2. The van der Waals surface area contributed by atoms with Crippen LogP contribution in [0.4, 0.5) is 0 Å². The fourth-order valence-corrected chi connectivity index (χ4v) is 5.61. The molecule has 182 valence electrons. The number of carbonyl (C=O) groups excluding carboxylic acids is 4. The van der Waals surface area contributed by atoms with Crippen LogP contribution in [0.5, 0.6) is 5.75 Å². The highest BCUT2D eigenvalue weighted by Gasteiger charge is 2.27. The number of phenolic OH excluding ortho intramolecular Hbond substituents is 1. The van der Waals surface area contributed by atoms with Crippen molar-refractivity contribution in [3.05, 3.63) is 94.2 Å². The molecule has 3 aromatic rings. The summed E-state index contributed by atoms with van der Waals surface area (Å²) < 4.78 is 2.66. The van der Waals surface area contributed by atoms with E-state index in [0.717, 1.165) is 14.5 Å². The highest BCUT2D eigenvalue weighted by molar-refractivity contribution is 9.11. The summed E-state index contributed by atoms with van der Waals surface area (Å²) in [6, 6.07) is 13.8. The number of fused-ring (bicyclic) bond motifs is 2. The first-order chi connectivity index (χ1) is 17.0. The molecule has 3 aromatic carbocycles. The van der Waals surface area contributed by atoms with Gasteiger partial charge in [-0.05, 0) is 97.6 Å². The summed E-state index contributed by atoms with van der Waals surface area (Å²) in [5, 5.41) is 14.4. The standard InChI is InChI=1S/C16H8Br3NO3.C9H6BrNO2/c17-8-1-2-9-10(6-8)11(16(23)20-15(9)22)3-7-4-12(18)14(21)13(19)5-7;10-6-1-2-7-5(3-6)4-8(12)11-9(7)13/h1-6,21H,(H,20,22,23);1-3H,4H2,(H,11,12,13)/b11-3-;. The molecule has 2 aliphatic heterocycles. The Labute approximate surface area is 238 Å². The van der Waals surface area contributed by atoms with Crippen LogP contribution in [0.2, 0.25) is 0 Å².